The average Bonchev–Trinajstić information content (AvgIpc) is 3.36. The lowest BCUT2D eigenvalue weighted by Gasteiger charge is -2.37. The van der Waals surface area contributed by atoms with E-state index in [1.165, 1.54) is 12.8 Å². The molecule has 2 rings (SSSR count). The molecule has 0 amide bonds. The topological polar surface area (TPSA) is 105 Å². The third-order valence-corrected chi connectivity index (χ3v) is 9.36. The first kappa shape index (κ1) is 43.7. The van der Waals surface area contributed by atoms with Crippen molar-refractivity contribution in [1.82, 2.24) is 0 Å². The molecule has 0 aromatic rings. The molecule has 2 aliphatic rings. The van der Waals surface area contributed by atoms with Crippen LogP contribution < -0.4 is 0 Å². The van der Waals surface area contributed by atoms with Crippen LogP contribution in [0.3, 0.4) is 0 Å². The maximum atomic E-state index is 12.0. The van der Waals surface area contributed by atoms with Crippen molar-refractivity contribution in [2.75, 3.05) is 6.61 Å². The average molecular weight is 667 g/mol. The number of carbonyl (C=O) groups is 4. The molecule has 0 spiro atoms. The van der Waals surface area contributed by atoms with Gasteiger partial charge in [-0.2, -0.15) is 13.2 Å². The summed E-state index contributed by atoms with van der Waals surface area (Å²) < 4.78 is 55.8. The molecule has 1 saturated carbocycles. The fraction of sp³-hybridized carbons (Fsp3) is 0.886. The van der Waals surface area contributed by atoms with Crippen LogP contribution in [-0.2, 0) is 38.1 Å². The van der Waals surface area contributed by atoms with Crippen LogP contribution in [0.1, 0.15) is 141 Å². The lowest BCUT2D eigenvalue weighted by molar-refractivity contribution is -0.221. The number of rotatable bonds is 9. The quantitative estimate of drug-likeness (QED) is 0.178. The lowest BCUT2D eigenvalue weighted by Crippen LogP contribution is -2.36. The summed E-state index contributed by atoms with van der Waals surface area (Å²) in [5.41, 5.74) is -1.33. The van der Waals surface area contributed by atoms with Crippen molar-refractivity contribution in [2.24, 2.45) is 27.6 Å². The molecule has 0 N–H and O–H groups in total. The summed E-state index contributed by atoms with van der Waals surface area (Å²) in [6.07, 6.45) is -0.170. The first-order chi connectivity index (χ1) is 20.7. The van der Waals surface area contributed by atoms with Gasteiger partial charge in [0.05, 0.1) is 22.9 Å². The van der Waals surface area contributed by atoms with Gasteiger partial charge < -0.3 is 18.9 Å². The zero-order valence-electron chi connectivity index (χ0n) is 30.6. The first-order valence-corrected chi connectivity index (χ1v) is 16.6. The van der Waals surface area contributed by atoms with E-state index < -0.39 is 41.2 Å². The van der Waals surface area contributed by atoms with E-state index in [9.17, 15) is 32.3 Å². The molecule has 46 heavy (non-hydrogen) atoms. The highest BCUT2D eigenvalue weighted by Gasteiger charge is 2.41. The summed E-state index contributed by atoms with van der Waals surface area (Å²) in [6.45, 7) is 24.4. The molecule has 270 valence electrons. The van der Waals surface area contributed by atoms with Crippen molar-refractivity contribution < 1.29 is 51.3 Å². The van der Waals surface area contributed by atoms with Crippen LogP contribution in [0.5, 0.6) is 0 Å². The zero-order chi connectivity index (χ0) is 36.3. The summed E-state index contributed by atoms with van der Waals surface area (Å²) in [4.78, 5) is 45.8. The molecule has 1 saturated heterocycles. The van der Waals surface area contributed by atoms with Gasteiger partial charge in [0.1, 0.15) is 6.10 Å². The van der Waals surface area contributed by atoms with Crippen molar-refractivity contribution in [3.63, 3.8) is 0 Å². The number of esters is 4. The second-order valence-corrected chi connectivity index (χ2v) is 15.4. The highest BCUT2D eigenvalue weighted by Crippen LogP contribution is 2.39. The van der Waals surface area contributed by atoms with E-state index in [0.29, 0.717) is 31.3 Å². The Morgan fingerprint density at radius 1 is 0.717 bits per heavy atom. The number of hydrogen-bond acceptors (Lipinski definition) is 8. The van der Waals surface area contributed by atoms with Crippen molar-refractivity contribution >= 4 is 23.9 Å². The third-order valence-electron chi connectivity index (χ3n) is 9.36. The summed E-state index contributed by atoms with van der Waals surface area (Å²) in [5.74, 6) is -0.824. The zero-order valence-corrected chi connectivity index (χ0v) is 30.6. The van der Waals surface area contributed by atoms with Crippen molar-refractivity contribution in [2.45, 2.75) is 166 Å². The summed E-state index contributed by atoms with van der Waals surface area (Å²) in [7, 11) is 0. The van der Waals surface area contributed by atoms with E-state index in [0.717, 1.165) is 32.1 Å². The summed E-state index contributed by atoms with van der Waals surface area (Å²) in [5, 5.41) is 0. The van der Waals surface area contributed by atoms with Crippen LogP contribution in [0.25, 0.3) is 0 Å². The van der Waals surface area contributed by atoms with Gasteiger partial charge in [-0.15, -0.1) is 0 Å². The number of hydrogen-bond donors (Lipinski definition) is 0. The molecule has 1 heterocycles. The number of ether oxygens (including phenoxy) is 4. The molecular formula is C35H61F3O8. The molecule has 11 heteroatoms. The second-order valence-electron chi connectivity index (χ2n) is 15.4. The Morgan fingerprint density at radius 2 is 1.13 bits per heavy atom. The van der Waals surface area contributed by atoms with Crippen molar-refractivity contribution in [1.29, 1.82) is 0 Å². The minimum Gasteiger partial charge on any atom is -0.463 e. The second kappa shape index (κ2) is 17.7. The molecule has 0 aromatic carbocycles. The van der Waals surface area contributed by atoms with Gasteiger partial charge >= 0.3 is 30.1 Å². The molecule has 2 fully saturated rings. The van der Waals surface area contributed by atoms with Gasteiger partial charge in [0, 0.05) is 6.42 Å². The Balaban J connectivity index is 0.000000669. The predicted octanol–water partition coefficient (Wildman–Crippen LogP) is 8.77. The Labute approximate surface area is 275 Å². The van der Waals surface area contributed by atoms with Crippen LogP contribution in [-0.4, -0.2) is 55.0 Å². The SMILES string of the molecule is CCC(C)(C)C(=O)OC(C)C(F)(F)F.CCC(C)(C)C(=O)OC1CCC(C(C)(C)C)CC1.CCC(C)(C)C(=O)OC1CCOC1=O. The van der Waals surface area contributed by atoms with Gasteiger partial charge in [0.25, 0.3) is 0 Å². The molecule has 0 radical (unpaired) electrons. The van der Waals surface area contributed by atoms with E-state index in [1.54, 1.807) is 34.6 Å². The van der Waals surface area contributed by atoms with Gasteiger partial charge in [-0.05, 0) is 105 Å². The van der Waals surface area contributed by atoms with Crippen LogP contribution in [0.4, 0.5) is 13.2 Å². The molecule has 0 aromatic heterocycles. The smallest absolute Gasteiger partial charge is 0.425 e. The first-order valence-electron chi connectivity index (χ1n) is 16.6. The minimum absolute atomic E-state index is 0.0239. The van der Waals surface area contributed by atoms with Crippen molar-refractivity contribution in [3.8, 4) is 0 Å². The molecular weight excluding hydrogens is 605 g/mol. The van der Waals surface area contributed by atoms with E-state index in [2.05, 4.69) is 25.5 Å². The largest absolute Gasteiger partial charge is 0.463 e. The molecule has 8 nitrogen and oxygen atoms in total. The van der Waals surface area contributed by atoms with Crippen LogP contribution >= 0.6 is 0 Å². The van der Waals surface area contributed by atoms with Crippen LogP contribution in [0.15, 0.2) is 0 Å². The van der Waals surface area contributed by atoms with Crippen LogP contribution in [0, 0.1) is 27.6 Å². The molecule has 1 aliphatic carbocycles. The number of cyclic esters (lactones) is 1. The molecule has 2 unspecified atom stereocenters. The maximum absolute atomic E-state index is 12.0. The highest BCUT2D eigenvalue weighted by atomic mass is 19.4. The minimum atomic E-state index is -4.49. The summed E-state index contributed by atoms with van der Waals surface area (Å²) >= 11 is 0. The number of carbonyl (C=O) groups excluding carboxylic acids is 4. The molecule has 0 bridgehead atoms. The fourth-order valence-electron chi connectivity index (χ4n) is 4.05. The monoisotopic (exact) mass is 666 g/mol. The lowest BCUT2D eigenvalue weighted by atomic mass is 9.72. The predicted molar refractivity (Wildman–Crippen MR) is 171 cm³/mol. The van der Waals surface area contributed by atoms with Gasteiger partial charge in [-0.3, -0.25) is 14.4 Å². The third kappa shape index (κ3) is 14.6. The van der Waals surface area contributed by atoms with Gasteiger partial charge in [0.2, 0.25) is 6.10 Å². The maximum Gasteiger partial charge on any atom is 0.425 e. The van der Waals surface area contributed by atoms with E-state index >= 15 is 0 Å². The Bertz CT molecular complexity index is 987. The van der Waals surface area contributed by atoms with Gasteiger partial charge in [0.15, 0.2) is 6.10 Å². The molecule has 2 atom stereocenters. The van der Waals surface area contributed by atoms with Crippen molar-refractivity contribution in [3.05, 3.63) is 0 Å². The normalized spacial score (nSPS) is 21.4. The van der Waals surface area contributed by atoms with Gasteiger partial charge in [-0.25, -0.2) is 4.79 Å². The summed E-state index contributed by atoms with van der Waals surface area (Å²) in [6, 6.07) is 0. The van der Waals surface area contributed by atoms with E-state index in [1.807, 2.05) is 27.7 Å². The highest BCUT2D eigenvalue weighted by molar-refractivity contribution is 5.82. The van der Waals surface area contributed by atoms with Crippen LogP contribution in [0.2, 0.25) is 0 Å². The fourth-order valence-corrected chi connectivity index (χ4v) is 4.05. The molecule has 1 aliphatic heterocycles. The van der Waals surface area contributed by atoms with E-state index in [-0.39, 0.29) is 23.5 Å². The standard InChI is InChI=1S/C16H30O2.C10H16O4.C9H15F3O2/c1-7-16(5,6)14(17)18-13-10-8-12(9-11-13)15(2,3)4;1-4-10(2,3)9(12)14-7-5-6-13-8(7)11;1-5-8(3,4)7(13)14-6(2)9(10,11)12/h12-13H,7-11H2,1-6H3;7H,4-6H2,1-3H3;6H,5H2,1-4H3. The van der Waals surface area contributed by atoms with Gasteiger partial charge in [-0.1, -0.05) is 41.5 Å². The van der Waals surface area contributed by atoms with E-state index in [4.69, 9.17) is 14.2 Å². The number of alkyl halides is 3. The Kier molecular flexibility index (Phi) is 16.8. The Hall–Kier alpha value is -2.33. The number of halogens is 3. The Morgan fingerprint density at radius 3 is 1.48 bits per heavy atom.